The van der Waals surface area contributed by atoms with Gasteiger partial charge in [0.2, 0.25) is 0 Å². The second kappa shape index (κ2) is 6.57. The van der Waals surface area contributed by atoms with Crippen LogP contribution in [0.3, 0.4) is 0 Å². The summed E-state index contributed by atoms with van der Waals surface area (Å²) in [5.41, 5.74) is 1.08. The average molecular weight is 270 g/mol. The molecule has 0 saturated heterocycles. The Balaban J connectivity index is 0.00000144. The van der Waals surface area contributed by atoms with Crippen molar-refractivity contribution in [3.63, 3.8) is 0 Å². The second-order valence-corrected chi connectivity index (χ2v) is 4.79. The van der Waals surface area contributed by atoms with Crippen molar-refractivity contribution in [2.24, 2.45) is 0 Å². The number of anilines is 1. The number of nitrogens with one attached hydrogen (secondary N) is 1. The van der Waals surface area contributed by atoms with E-state index < -0.39 is 0 Å². The van der Waals surface area contributed by atoms with Gasteiger partial charge >= 0.3 is 0 Å². The van der Waals surface area contributed by atoms with Gasteiger partial charge in [0.05, 0.1) is 17.2 Å². The first-order chi connectivity index (χ1) is 7.75. The highest BCUT2D eigenvalue weighted by molar-refractivity contribution is 7.09. The van der Waals surface area contributed by atoms with Crippen LogP contribution in [0.2, 0.25) is 0 Å². The minimum absolute atomic E-state index is 0. The van der Waals surface area contributed by atoms with Crippen LogP contribution in [0.4, 0.5) is 5.82 Å². The molecule has 0 fully saturated rings. The van der Waals surface area contributed by atoms with Crippen LogP contribution in [-0.4, -0.2) is 9.97 Å². The number of rotatable bonds is 4. The van der Waals surface area contributed by atoms with Crippen LogP contribution < -0.4 is 5.32 Å². The average Bonchev–Trinajstić information content (AvgIpc) is 2.76. The van der Waals surface area contributed by atoms with E-state index in [-0.39, 0.29) is 12.4 Å². The van der Waals surface area contributed by atoms with Crippen LogP contribution in [-0.2, 0) is 6.54 Å². The lowest BCUT2D eigenvalue weighted by atomic mass is 10.2. The van der Waals surface area contributed by atoms with Gasteiger partial charge in [-0.25, -0.2) is 9.97 Å². The normalized spacial score (nSPS) is 10.1. The fourth-order valence-electron chi connectivity index (χ4n) is 1.32. The molecule has 17 heavy (non-hydrogen) atoms. The van der Waals surface area contributed by atoms with Crippen LogP contribution in [0, 0.1) is 0 Å². The minimum atomic E-state index is 0. The Bertz CT molecular complexity index is 442. The van der Waals surface area contributed by atoms with E-state index in [2.05, 4.69) is 34.5 Å². The summed E-state index contributed by atoms with van der Waals surface area (Å²) in [6.45, 7) is 5.06. The van der Waals surface area contributed by atoms with Gasteiger partial charge in [0.1, 0.15) is 5.82 Å². The fraction of sp³-hybridized carbons (Fsp3) is 0.333. The molecule has 0 atom stereocenters. The second-order valence-electron chi connectivity index (χ2n) is 3.90. The van der Waals surface area contributed by atoms with Crippen molar-refractivity contribution in [1.82, 2.24) is 9.97 Å². The van der Waals surface area contributed by atoms with Crippen molar-refractivity contribution in [1.29, 1.82) is 0 Å². The summed E-state index contributed by atoms with van der Waals surface area (Å²) in [6.07, 6.45) is 1.78. The molecule has 0 radical (unpaired) electrons. The monoisotopic (exact) mass is 269 g/mol. The van der Waals surface area contributed by atoms with Gasteiger partial charge in [-0.2, -0.15) is 0 Å². The number of aromatic nitrogens is 2. The smallest absolute Gasteiger partial charge is 0.126 e. The predicted octanol–water partition coefficient (Wildman–Crippen LogP) is 3.70. The van der Waals surface area contributed by atoms with Gasteiger partial charge in [0.15, 0.2) is 0 Å². The summed E-state index contributed by atoms with van der Waals surface area (Å²) in [7, 11) is 0. The number of thiazole rings is 1. The molecule has 2 aromatic rings. The third-order valence-corrected chi connectivity index (χ3v) is 3.37. The maximum atomic E-state index is 4.55. The first-order valence-electron chi connectivity index (χ1n) is 5.35. The highest BCUT2D eigenvalue weighted by atomic mass is 35.5. The van der Waals surface area contributed by atoms with Gasteiger partial charge in [0.25, 0.3) is 0 Å². The Labute approximate surface area is 112 Å². The molecular formula is C12H16ClN3S. The lowest BCUT2D eigenvalue weighted by Crippen LogP contribution is -2.01. The van der Waals surface area contributed by atoms with Gasteiger partial charge in [-0.15, -0.1) is 23.7 Å². The van der Waals surface area contributed by atoms with Crippen molar-refractivity contribution < 1.29 is 0 Å². The van der Waals surface area contributed by atoms with E-state index >= 15 is 0 Å². The Morgan fingerprint density at radius 1 is 1.35 bits per heavy atom. The number of hydrogen-bond acceptors (Lipinski definition) is 4. The molecule has 0 aliphatic carbocycles. The lowest BCUT2D eigenvalue weighted by molar-refractivity contribution is 0.840. The van der Waals surface area contributed by atoms with Crippen molar-refractivity contribution in [2.45, 2.75) is 26.3 Å². The summed E-state index contributed by atoms with van der Waals surface area (Å²) >= 11 is 1.72. The van der Waals surface area contributed by atoms with Crippen LogP contribution in [0.15, 0.2) is 29.8 Å². The SMILES string of the molecule is CC(C)c1nc(CNc2ccccn2)cs1.Cl. The zero-order valence-electron chi connectivity index (χ0n) is 9.88. The van der Waals surface area contributed by atoms with E-state index in [4.69, 9.17) is 0 Å². The lowest BCUT2D eigenvalue weighted by Gasteiger charge is -2.02. The van der Waals surface area contributed by atoms with Crippen molar-refractivity contribution >= 4 is 29.6 Å². The third-order valence-electron chi connectivity index (χ3n) is 2.18. The van der Waals surface area contributed by atoms with Crippen LogP contribution in [0.1, 0.15) is 30.5 Å². The predicted molar refractivity (Wildman–Crippen MR) is 75.0 cm³/mol. The van der Waals surface area contributed by atoms with Crippen LogP contribution in [0.5, 0.6) is 0 Å². The number of pyridine rings is 1. The molecule has 3 nitrogen and oxygen atoms in total. The van der Waals surface area contributed by atoms with Crippen molar-refractivity contribution in [2.75, 3.05) is 5.32 Å². The summed E-state index contributed by atoms with van der Waals surface area (Å²) in [6, 6.07) is 5.83. The van der Waals surface area contributed by atoms with Crippen LogP contribution in [0.25, 0.3) is 0 Å². The maximum Gasteiger partial charge on any atom is 0.126 e. The molecule has 0 aliphatic rings. The quantitative estimate of drug-likeness (QED) is 0.920. The zero-order chi connectivity index (χ0) is 11.4. The topological polar surface area (TPSA) is 37.8 Å². The van der Waals surface area contributed by atoms with Gasteiger partial charge in [-0.1, -0.05) is 19.9 Å². The standard InChI is InChI=1S/C12H15N3S.ClH/c1-9(2)12-15-10(8-16-12)7-14-11-5-3-4-6-13-11;/h3-6,8-9H,7H2,1-2H3,(H,13,14);1H. The van der Waals surface area contributed by atoms with E-state index in [1.165, 1.54) is 5.01 Å². The fourth-order valence-corrected chi connectivity index (χ4v) is 2.15. The molecular weight excluding hydrogens is 254 g/mol. The Morgan fingerprint density at radius 3 is 2.76 bits per heavy atom. The highest BCUT2D eigenvalue weighted by Gasteiger charge is 2.05. The number of halogens is 1. The molecule has 0 spiro atoms. The molecule has 92 valence electrons. The molecule has 5 heteroatoms. The molecule has 0 aromatic carbocycles. The molecule has 0 saturated carbocycles. The van der Waals surface area contributed by atoms with Crippen molar-refractivity contribution in [3.05, 3.63) is 40.5 Å². The largest absolute Gasteiger partial charge is 0.364 e. The zero-order valence-corrected chi connectivity index (χ0v) is 11.5. The number of nitrogens with zero attached hydrogens (tertiary/aromatic N) is 2. The van der Waals surface area contributed by atoms with E-state index in [1.54, 1.807) is 17.5 Å². The van der Waals surface area contributed by atoms with Gasteiger partial charge < -0.3 is 5.32 Å². The molecule has 1 N–H and O–H groups in total. The molecule has 2 aromatic heterocycles. The first-order valence-corrected chi connectivity index (χ1v) is 6.23. The molecule has 2 rings (SSSR count). The third kappa shape index (κ3) is 3.98. The highest BCUT2D eigenvalue weighted by Crippen LogP contribution is 2.19. The molecule has 0 bridgehead atoms. The molecule has 2 heterocycles. The maximum absolute atomic E-state index is 4.55. The summed E-state index contributed by atoms with van der Waals surface area (Å²) in [4.78, 5) is 8.75. The Hall–Kier alpha value is -1.13. The van der Waals surface area contributed by atoms with Crippen molar-refractivity contribution in [3.8, 4) is 0 Å². The Kier molecular flexibility index (Phi) is 5.38. The summed E-state index contributed by atoms with van der Waals surface area (Å²) < 4.78 is 0. The van der Waals surface area contributed by atoms with Gasteiger partial charge in [0, 0.05) is 17.5 Å². The minimum Gasteiger partial charge on any atom is -0.364 e. The van der Waals surface area contributed by atoms with Gasteiger partial charge in [-0.05, 0) is 12.1 Å². The number of hydrogen-bond donors (Lipinski definition) is 1. The Morgan fingerprint density at radius 2 is 2.18 bits per heavy atom. The molecule has 0 amide bonds. The molecule has 0 unspecified atom stereocenters. The van der Waals surface area contributed by atoms with E-state index in [1.807, 2.05) is 18.2 Å². The molecule has 0 aliphatic heterocycles. The van der Waals surface area contributed by atoms with E-state index in [0.29, 0.717) is 5.92 Å². The van der Waals surface area contributed by atoms with E-state index in [9.17, 15) is 0 Å². The summed E-state index contributed by atoms with van der Waals surface area (Å²) in [5, 5.41) is 6.54. The van der Waals surface area contributed by atoms with E-state index in [0.717, 1.165) is 18.1 Å². The van der Waals surface area contributed by atoms with Crippen LogP contribution >= 0.6 is 23.7 Å². The van der Waals surface area contributed by atoms with Gasteiger partial charge in [-0.3, -0.25) is 0 Å². The first kappa shape index (κ1) is 13.9. The summed E-state index contributed by atoms with van der Waals surface area (Å²) in [5.74, 6) is 1.40.